The first-order valence-corrected chi connectivity index (χ1v) is 24.1. The zero-order chi connectivity index (χ0) is 42.7. The number of unbranched alkanes of at least 4 members (excludes halogenated alkanes) is 8. The highest BCUT2D eigenvalue weighted by molar-refractivity contribution is 7.92. The minimum Gasteiger partial charge on any atom is -0.463 e. The SMILES string of the molecule is CC(=O)CCCCCCCS(=O)(=O)CC(=O)OCCN(CCOC(=O)CS(=O)(=O)CCCCCCCC(C)=O)C(=O)OCCOCCNS(=O)(=O)NC(C)(C)C. The Bertz CT molecular complexity index is 1450. The summed E-state index contributed by atoms with van der Waals surface area (Å²) in [5.74, 6) is -3.96. The van der Waals surface area contributed by atoms with Gasteiger partial charge in [-0.05, 0) is 60.3 Å². The van der Waals surface area contributed by atoms with Crippen molar-refractivity contribution in [2.75, 3.05) is 75.7 Å². The number of nitrogens with zero attached hydrogens (tertiary/aromatic N) is 1. The molecule has 0 aliphatic carbocycles. The number of rotatable bonds is 34. The van der Waals surface area contributed by atoms with Crippen LogP contribution in [0.15, 0.2) is 0 Å². The molecule has 0 aromatic rings. The Balaban J connectivity index is 4.93. The molecule has 0 saturated carbocycles. The van der Waals surface area contributed by atoms with E-state index in [-0.39, 0.29) is 62.5 Å². The Morgan fingerprint density at radius 1 is 0.554 bits per heavy atom. The number of carbonyl (C=O) groups excluding carboxylic acids is 5. The van der Waals surface area contributed by atoms with Gasteiger partial charge in [-0.15, -0.1) is 0 Å². The highest BCUT2D eigenvalue weighted by Crippen LogP contribution is 2.09. The lowest BCUT2D eigenvalue weighted by molar-refractivity contribution is -0.141. The van der Waals surface area contributed by atoms with Gasteiger partial charge in [-0.1, -0.05) is 38.5 Å². The quantitative estimate of drug-likeness (QED) is 0.0536. The molecule has 0 unspecified atom stereocenters. The second-order valence-corrected chi connectivity index (χ2v) is 20.4. The fraction of sp³-hybridized carbons (Fsp3) is 0.857. The number of ether oxygens (including phenoxy) is 4. The van der Waals surface area contributed by atoms with Gasteiger partial charge >= 0.3 is 18.0 Å². The second kappa shape index (κ2) is 28.6. The summed E-state index contributed by atoms with van der Waals surface area (Å²) in [6.45, 7) is 6.22. The summed E-state index contributed by atoms with van der Waals surface area (Å²) in [5.41, 5.74) is -0.684. The Kier molecular flexibility index (Phi) is 27.3. The molecular formula is C35H65N3O15S3. The van der Waals surface area contributed by atoms with Gasteiger partial charge in [0.25, 0.3) is 10.2 Å². The van der Waals surface area contributed by atoms with Crippen molar-refractivity contribution >= 4 is 59.5 Å². The zero-order valence-corrected chi connectivity index (χ0v) is 36.2. The molecule has 18 nitrogen and oxygen atoms in total. The minimum atomic E-state index is -3.76. The smallest absolute Gasteiger partial charge is 0.410 e. The summed E-state index contributed by atoms with van der Waals surface area (Å²) >= 11 is 0. The number of esters is 2. The van der Waals surface area contributed by atoms with Gasteiger partial charge in [-0.2, -0.15) is 17.9 Å². The Morgan fingerprint density at radius 2 is 0.982 bits per heavy atom. The molecule has 0 aliphatic rings. The molecular weight excluding hydrogens is 799 g/mol. The van der Waals surface area contributed by atoms with Crippen molar-refractivity contribution in [3.05, 3.63) is 0 Å². The van der Waals surface area contributed by atoms with E-state index < -0.39 is 78.2 Å². The molecule has 0 heterocycles. The van der Waals surface area contributed by atoms with E-state index in [1.807, 2.05) is 0 Å². The predicted octanol–water partition coefficient (Wildman–Crippen LogP) is 2.44. The number of sulfone groups is 2. The monoisotopic (exact) mass is 863 g/mol. The third-order valence-electron chi connectivity index (χ3n) is 7.58. The highest BCUT2D eigenvalue weighted by Gasteiger charge is 2.22. The van der Waals surface area contributed by atoms with Crippen molar-refractivity contribution in [3.63, 3.8) is 0 Å². The fourth-order valence-corrected chi connectivity index (χ4v) is 8.63. The predicted molar refractivity (Wildman–Crippen MR) is 210 cm³/mol. The number of hydrogen-bond acceptors (Lipinski definition) is 15. The molecule has 21 heteroatoms. The van der Waals surface area contributed by atoms with Gasteiger partial charge in [-0.25, -0.2) is 21.6 Å². The van der Waals surface area contributed by atoms with Crippen LogP contribution in [0, 0.1) is 0 Å². The first-order chi connectivity index (χ1) is 26.0. The molecule has 0 rings (SSSR count). The van der Waals surface area contributed by atoms with Crippen molar-refractivity contribution in [1.82, 2.24) is 14.3 Å². The van der Waals surface area contributed by atoms with Gasteiger partial charge in [-0.3, -0.25) is 9.59 Å². The normalized spacial score (nSPS) is 12.2. The van der Waals surface area contributed by atoms with Crippen LogP contribution in [0.25, 0.3) is 0 Å². The molecule has 0 bridgehead atoms. The first-order valence-electron chi connectivity index (χ1n) is 19.0. The van der Waals surface area contributed by atoms with Crippen LogP contribution < -0.4 is 9.44 Å². The maximum Gasteiger partial charge on any atom is 0.410 e. The Morgan fingerprint density at radius 3 is 1.41 bits per heavy atom. The van der Waals surface area contributed by atoms with Crippen molar-refractivity contribution in [2.24, 2.45) is 0 Å². The Hall–Kier alpha value is -2.72. The van der Waals surface area contributed by atoms with E-state index in [1.165, 1.54) is 13.8 Å². The summed E-state index contributed by atoms with van der Waals surface area (Å²) < 4.78 is 98.9. The van der Waals surface area contributed by atoms with Crippen LogP contribution in [0.4, 0.5) is 4.79 Å². The number of ketones is 2. The van der Waals surface area contributed by atoms with E-state index in [4.69, 9.17) is 18.9 Å². The van der Waals surface area contributed by atoms with Gasteiger partial charge < -0.3 is 33.4 Å². The topological polar surface area (TPSA) is 252 Å². The van der Waals surface area contributed by atoms with Crippen LogP contribution in [-0.4, -0.2) is 141 Å². The van der Waals surface area contributed by atoms with Gasteiger partial charge in [0.1, 0.15) is 42.9 Å². The largest absolute Gasteiger partial charge is 0.463 e. The molecule has 56 heavy (non-hydrogen) atoms. The number of amides is 1. The molecule has 0 aromatic carbocycles. The molecule has 0 spiro atoms. The molecule has 0 aliphatic heterocycles. The van der Waals surface area contributed by atoms with Crippen molar-refractivity contribution in [3.8, 4) is 0 Å². The third-order valence-corrected chi connectivity index (χ3v) is 12.2. The first kappa shape index (κ1) is 53.3. The number of carbonyl (C=O) groups is 5. The van der Waals surface area contributed by atoms with E-state index >= 15 is 0 Å². The van der Waals surface area contributed by atoms with Gasteiger partial charge in [0.15, 0.2) is 19.7 Å². The minimum absolute atomic E-state index is 0.0354. The fourth-order valence-electron chi connectivity index (χ4n) is 4.94. The Labute approximate surface area is 333 Å². The summed E-state index contributed by atoms with van der Waals surface area (Å²) in [4.78, 5) is 60.5. The zero-order valence-electron chi connectivity index (χ0n) is 33.8. The molecule has 2 N–H and O–H groups in total. The molecule has 0 atom stereocenters. The average Bonchev–Trinajstić information content (AvgIpc) is 3.04. The van der Waals surface area contributed by atoms with E-state index in [2.05, 4.69) is 9.44 Å². The van der Waals surface area contributed by atoms with E-state index in [0.717, 1.165) is 43.4 Å². The van der Waals surface area contributed by atoms with Crippen molar-refractivity contribution in [2.45, 2.75) is 117 Å². The summed E-state index contributed by atoms with van der Waals surface area (Å²) in [5, 5.41) is 0. The van der Waals surface area contributed by atoms with Crippen LogP contribution in [0.3, 0.4) is 0 Å². The molecule has 328 valence electrons. The van der Waals surface area contributed by atoms with Gasteiger partial charge in [0.2, 0.25) is 0 Å². The van der Waals surface area contributed by atoms with Gasteiger partial charge in [0.05, 0.1) is 37.8 Å². The van der Waals surface area contributed by atoms with E-state index in [9.17, 15) is 49.2 Å². The maximum atomic E-state index is 12.8. The van der Waals surface area contributed by atoms with Crippen LogP contribution >= 0.6 is 0 Å². The lowest BCUT2D eigenvalue weighted by Crippen LogP contribution is -2.47. The van der Waals surface area contributed by atoms with Crippen LogP contribution in [-0.2, 0) is 68.0 Å². The lowest BCUT2D eigenvalue weighted by atomic mass is 10.1. The van der Waals surface area contributed by atoms with Crippen LogP contribution in [0.1, 0.15) is 112 Å². The summed E-state index contributed by atoms with van der Waals surface area (Å²) in [7, 11) is -11.3. The number of nitrogens with one attached hydrogen (secondary N) is 2. The number of Topliss-reactive ketones (excluding diaryl/α,β-unsaturated/α-hetero) is 2. The van der Waals surface area contributed by atoms with Crippen LogP contribution in [0.5, 0.6) is 0 Å². The second-order valence-electron chi connectivity index (χ2n) is 14.5. The highest BCUT2D eigenvalue weighted by atomic mass is 32.2. The van der Waals surface area contributed by atoms with Crippen LogP contribution in [0.2, 0.25) is 0 Å². The molecule has 0 aromatic heterocycles. The number of hydrogen-bond donors (Lipinski definition) is 2. The van der Waals surface area contributed by atoms with E-state index in [0.29, 0.717) is 38.5 Å². The summed E-state index contributed by atoms with van der Waals surface area (Å²) in [6, 6.07) is 0. The summed E-state index contributed by atoms with van der Waals surface area (Å²) in [6.07, 6.45) is 6.62. The average molecular weight is 864 g/mol. The van der Waals surface area contributed by atoms with Crippen molar-refractivity contribution in [1.29, 1.82) is 0 Å². The molecule has 1 amide bonds. The maximum absolute atomic E-state index is 12.8. The lowest BCUT2D eigenvalue weighted by Gasteiger charge is -2.22. The molecule has 0 fully saturated rings. The van der Waals surface area contributed by atoms with Crippen molar-refractivity contribution < 1.29 is 68.2 Å². The standard InChI is InChI=1S/C35H65N3O15S3/c1-30(39)16-12-8-6-10-14-26-54(44,45)28-32(41)51-22-19-38(34(43)53-25-24-50-21-18-36-56(48,49)37-35(3,4)5)20-23-52-33(42)29-55(46,47)27-15-11-7-9-13-17-31(2)40/h36-37H,6-29H2,1-5H3. The molecule has 0 saturated heterocycles. The molecule has 0 radical (unpaired) electrons. The third kappa shape index (κ3) is 33.4. The van der Waals surface area contributed by atoms with E-state index in [1.54, 1.807) is 20.8 Å². The van der Waals surface area contributed by atoms with Gasteiger partial charge in [0, 0.05) is 24.9 Å².